The fraction of sp³-hybridized carbons (Fsp3) is 0.154. The van der Waals surface area contributed by atoms with E-state index in [4.69, 9.17) is 14.2 Å². The number of para-hydroxylation sites is 1. The van der Waals surface area contributed by atoms with E-state index >= 15 is 0 Å². The molecule has 8 heteroatoms. The predicted molar refractivity (Wildman–Crippen MR) is 124 cm³/mol. The van der Waals surface area contributed by atoms with Crippen molar-refractivity contribution in [3.05, 3.63) is 101 Å². The number of nitrogens with one attached hydrogen (secondary N) is 1. The van der Waals surface area contributed by atoms with E-state index in [2.05, 4.69) is 15.4 Å². The van der Waals surface area contributed by atoms with Gasteiger partial charge in [0.1, 0.15) is 35.4 Å². The van der Waals surface area contributed by atoms with Crippen molar-refractivity contribution in [2.75, 3.05) is 19.5 Å². The lowest BCUT2D eigenvalue weighted by Gasteiger charge is -2.39. The summed E-state index contributed by atoms with van der Waals surface area (Å²) in [5.74, 6) is 2.36. The summed E-state index contributed by atoms with van der Waals surface area (Å²) >= 11 is 0. The standard InChI is InChI=1S/C26H21FN4O3/c1-32-17-11-12-19(21(13-17)33-2)25-22-23(18-5-3-4-6-20(18)34-25)30-26-28-14-29-31(26)24(22)15-7-9-16(27)10-8-15/h3-14,24-25H,1-2H3,(H,28,29,30)/t24-,25+/m0/s1. The van der Waals surface area contributed by atoms with Crippen molar-refractivity contribution in [2.45, 2.75) is 12.1 Å². The lowest BCUT2D eigenvalue weighted by molar-refractivity contribution is 0.217. The number of halogens is 1. The molecule has 2 atom stereocenters. The highest BCUT2D eigenvalue weighted by Crippen LogP contribution is 2.52. The molecule has 0 saturated carbocycles. The third-order valence-corrected chi connectivity index (χ3v) is 6.23. The summed E-state index contributed by atoms with van der Waals surface area (Å²) in [6, 6.07) is 19.6. The molecule has 6 rings (SSSR count). The molecule has 4 aromatic rings. The Labute approximate surface area is 195 Å². The third-order valence-electron chi connectivity index (χ3n) is 6.23. The molecule has 2 aliphatic heterocycles. The maximum Gasteiger partial charge on any atom is 0.226 e. The van der Waals surface area contributed by atoms with Crippen LogP contribution in [0.1, 0.15) is 28.8 Å². The van der Waals surface area contributed by atoms with Crippen molar-refractivity contribution in [3.8, 4) is 17.2 Å². The van der Waals surface area contributed by atoms with Crippen LogP contribution in [0.25, 0.3) is 5.70 Å². The van der Waals surface area contributed by atoms with Gasteiger partial charge in [-0.1, -0.05) is 24.3 Å². The van der Waals surface area contributed by atoms with Gasteiger partial charge in [-0.2, -0.15) is 10.1 Å². The average molecular weight is 456 g/mol. The topological polar surface area (TPSA) is 70.4 Å². The molecule has 2 aliphatic rings. The fourth-order valence-electron chi connectivity index (χ4n) is 4.68. The van der Waals surface area contributed by atoms with Crippen LogP contribution in [0.2, 0.25) is 0 Å². The van der Waals surface area contributed by atoms with Gasteiger partial charge in [0.25, 0.3) is 0 Å². The van der Waals surface area contributed by atoms with Gasteiger partial charge < -0.3 is 19.5 Å². The van der Waals surface area contributed by atoms with Crippen LogP contribution in [0.5, 0.6) is 17.2 Å². The minimum absolute atomic E-state index is 0.302. The molecule has 0 aliphatic carbocycles. The summed E-state index contributed by atoms with van der Waals surface area (Å²) in [6.07, 6.45) is 0.998. The van der Waals surface area contributed by atoms with E-state index in [9.17, 15) is 4.39 Å². The van der Waals surface area contributed by atoms with Crippen molar-refractivity contribution in [3.63, 3.8) is 0 Å². The Bertz CT molecular complexity index is 1410. The first kappa shape index (κ1) is 20.3. The molecular weight excluding hydrogens is 435 g/mol. The molecule has 3 aromatic carbocycles. The van der Waals surface area contributed by atoms with Crippen molar-refractivity contribution in [2.24, 2.45) is 0 Å². The van der Waals surface area contributed by atoms with E-state index in [1.807, 2.05) is 42.5 Å². The van der Waals surface area contributed by atoms with Crippen LogP contribution < -0.4 is 19.5 Å². The zero-order chi connectivity index (χ0) is 23.2. The average Bonchev–Trinajstić information content (AvgIpc) is 3.35. The fourth-order valence-corrected chi connectivity index (χ4v) is 4.68. The van der Waals surface area contributed by atoms with E-state index < -0.39 is 6.10 Å². The number of methoxy groups -OCH3 is 2. The summed E-state index contributed by atoms with van der Waals surface area (Å²) in [5, 5.41) is 7.95. The van der Waals surface area contributed by atoms with Crippen LogP contribution in [-0.4, -0.2) is 29.0 Å². The Morgan fingerprint density at radius 3 is 2.62 bits per heavy atom. The Hall–Kier alpha value is -4.33. The molecule has 0 bridgehead atoms. The van der Waals surface area contributed by atoms with Gasteiger partial charge in [-0.15, -0.1) is 0 Å². The highest BCUT2D eigenvalue weighted by atomic mass is 19.1. The molecule has 0 saturated heterocycles. The minimum Gasteiger partial charge on any atom is -0.497 e. The maximum atomic E-state index is 13.8. The SMILES string of the molecule is COc1ccc([C@H]2Oc3ccccc3C3=C2[C@H](c2ccc(F)cc2)n2ncnc2N3)c(OC)c1. The van der Waals surface area contributed by atoms with Gasteiger partial charge >= 0.3 is 0 Å². The normalized spacial score (nSPS) is 18.2. The molecule has 1 aromatic heterocycles. The van der Waals surface area contributed by atoms with E-state index in [0.717, 1.165) is 33.7 Å². The van der Waals surface area contributed by atoms with Crippen molar-refractivity contribution >= 4 is 11.6 Å². The van der Waals surface area contributed by atoms with Crippen LogP contribution in [0.3, 0.4) is 0 Å². The van der Waals surface area contributed by atoms with Crippen LogP contribution in [0, 0.1) is 5.82 Å². The highest BCUT2D eigenvalue weighted by molar-refractivity contribution is 5.85. The Balaban J connectivity index is 1.62. The van der Waals surface area contributed by atoms with Gasteiger partial charge in [0.05, 0.1) is 19.9 Å². The Kier molecular flexibility index (Phi) is 4.72. The van der Waals surface area contributed by atoms with Crippen molar-refractivity contribution in [1.29, 1.82) is 0 Å². The summed E-state index contributed by atoms with van der Waals surface area (Å²) in [7, 11) is 3.24. The Morgan fingerprint density at radius 2 is 1.82 bits per heavy atom. The minimum atomic E-state index is -0.509. The molecule has 0 radical (unpaired) electrons. The first-order valence-corrected chi connectivity index (χ1v) is 10.8. The lowest BCUT2D eigenvalue weighted by Crippen LogP contribution is -2.32. The highest BCUT2D eigenvalue weighted by Gasteiger charge is 2.41. The third kappa shape index (κ3) is 3.10. The first-order chi connectivity index (χ1) is 16.7. The second kappa shape index (κ2) is 7.91. The van der Waals surface area contributed by atoms with E-state index in [1.54, 1.807) is 31.0 Å². The number of anilines is 1. The zero-order valence-corrected chi connectivity index (χ0v) is 18.5. The van der Waals surface area contributed by atoms with Gasteiger partial charge in [-0.25, -0.2) is 9.07 Å². The van der Waals surface area contributed by atoms with Gasteiger partial charge in [0.15, 0.2) is 6.10 Å². The van der Waals surface area contributed by atoms with Crippen LogP contribution in [0.4, 0.5) is 10.3 Å². The number of rotatable bonds is 4. The molecule has 0 unspecified atom stereocenters. The number of hydrogen-bond acceptors (Lipinski definition) is 6. The summed E-state index contributed by atoms with van der Waals surface area (Å²) in [6.45, 7) is 0. The molecule has 170 valence electrons. The quantitative estimate of drug-likeness (QED) is 0.466. The molecule has 1 N–H and O–H groups in total. The van der Waals surface area contributed by atoms with Crippen LogP contribution >= 0.6 is 0 Å². The maximum absolute atomic E-state index is 13.8. The number of aromatic nitrogens is 3. The van der Waals surface area contributed by atoms with E-state index in [-0.39, 0.29) is 11.9 Å². The lowest BCUT2D eigenvalue weighted by atomic mass is 9.84. The molecule has 0 spiro atoms. The predicted octanol–water partition coefficient (Wildman–Crippen LogP) is 4.99. The summed E-state index contributed by atoms with van der Waals surface area (Å²) in [5.41, 5.74) is 4.43. The second-order valence-electron chi connectivity index (χ2n) is 8.04. The van der Waals surface area contributed by atoms with Crippen molar-refractivity contribution in [1.82, 2.24) is 14.8 Å². The van der Waals surface area contributed by atoms with Crippen molar-refractivity contribution < 1.29 is 18.6 Å². The largest absolute Gasteiger partial charge is 0.497 e. The smallest absolute Gasteiger partial charge is 0.226 e. The monoisotopic (exact) mass is 456 g/mol. The van der Waals surface area contributed by atoms with Gasteiger partial charge in [-0.3, -0.25) is 0 Å². The zero-order valence-electron chi connectivity index (χ0n) is 18.5. The molecule has 3 heterocycles. The van der Waals surface area contributed by atoms with Crippen LogP contribution in [0.15, 0.2) is 78.6 Å². The Morgan fingerprint density at radius 1 is 1.00 bits per heavy atom. The molecule has 7 nitrogen and oxygen atoms in total. The summed E-state index contributed by atoms with van der Waals surface area (Å²) in [4.78, 5) is 4.42. The van der Waals surface area contributed by atoms with E-state index in [0.29, 0.717) is 17.4 Å². The number of nitrogens with zero attached hydrogens (tertiary/aromatic N) is 3. The number of hydrogen-bond donors (Lipinski definition) is 1. The number of fused-ring (bicyclic) bond motifs is 3. The molecule has 0 amide bonds. The first-order valence-electron chi connectivity index (χ1n) is 10.8. The van der Waals surface area contributed by atoms with E-state index in [1.165, 1.54) is 18.5 Å². The van der Waals surface area contributed by atoms with Gasteiger partial charge in [-0.05, 0) is 42.0 Å². The molecular formula is C26H21FN4O3. The van der Waals surface area contributed by atoms with Gasteiger partial charge in [0.2, 0.25) is 5.95 Å². The van der Waals surface area contributed by atoms with Gasteiger partial charge in [0, 0.05) is 22.8 Å². The second-order valence-corrected chi connectivity index (χ2v) is 8.04. The number of benzene rings is 3. The molecule has 0 fully saturated rings. The summed E-state index contributed by atoms with van der Waals surface area (Å²) < 4.78 is 33.4. The van der Waals surface area contributed by atoms with Crippen LogP contribution in [-0.2, 0) is 0 Å². The molecule has 34 heavy (non-hydrogen) atoms. The number of ether oxygens (including phenoxy) is 3.